The first-order valence-corrected chi connectivity index (χ1v) is 7.77. The van der Waals surface area contributed by atoms with E-state index in [0.717, 1.165) is 5.56 Å². The number of nitrogens with one attached hydrogen (secondary N) is 1. The summed E-state index contributed by atoms with van der Waals surface area (Å²) in [6.45, 7) is 2.13. The molecule has 1 aliphatic heterocycles. The number of amides is 1. The quantitative estimate of drug-likeness (QED) is 0.909. The maximum atomic E-state index is 12.5. The van der Waals surface area contributed by atoms with Crippen LogP contribution in [0.4, 0.5) is 0 Å². The highest BCUT2D eigenvalue weighted by Gasteiger charge is 2.38. The minimum atomic E-state index is -0.463. The first-order valence-electron chi connectivity index (χ1n) is 7.77. The summed E-state index contributed by atoms with van der Waals surface area (Å²) < 4.78 is 5.35. The minimum Gasteiger partial charge on any atom is -0.381 e. The lowest BCUT2D eigenvalue weighted by Crippen LogP contribution is -2.48. The fourth-order valence-corrected chi connectivity index (χ4v) is 3.00. The van der Waals surface area contributed by atoms with E-state index in [2.05, 4.69) is 35.6 Å². The number of nitrogens with two attached hydrogens (primary N) is 1. The molecular weight excluding hydrogens is 276 g/mol. The Morgan fingerprint density at radius 1 is 1.14 bits per heavy atom. The maximum Gasteiger partial charge on any atom is 0.227 e. The Hall–Kier alpha value is -1.91. The molecule has 0 radical (unpaired) electrons. The molecule has 2 aromatic rings. The van der Waals surface area contributed by atoms with Crippen molar-refractivity contribution in [1.29, 1.82) is 0 Å². The van der Waals surface area contributed by atoms with E-state index >= 15 is 0 Å². The Kier molecular flexibility index (Phi) is 4.41. The fourth-order valence-electron chi connectivity index (χ4n) is 3.00. The average molecular weight is 298 g/mol. The van der Waals surface area contributed by atoms with Gasteiger partial charge in [-0.15, -0.1) is 0 Å². The standard InChI is InChI=1S/C18H22N2O2/c19-13-18(7-9-22-10-8-18)17(21)20-12-14-5-6-15-3-1-2-4-16(15)11-14/h1-6,11H,7-10,12-13,19H2,(H,20,21). The predicted molar refractivity (Wildman–Crippen MR) is 87.3 cm³/mol. The van der Waals surface area contributed by atoms with Crippen molar-refractivity contribution in [3.05, 3.63) is 48.0 Å². The number of hydrogen-bond acceptors (Lipinski definition) is 3. The van der Waals surface area contributed by atoms with Gasteiger partial charge < -0.3 is 15.8 Å². The Balaban J connectivity index is 1.68. The molecule has 0 saturated carbocycles. The predicted octanol–water partition coefficient (Wildman–Crippen LogP) is 2.21. The van der Waals surface area contributed by atoms with Gasteiger partial charge in [0.1, 0.15) is 0 Å². The maximum absolute atomic E-state index is 12.5. The Bertz CT molecular complexity index is 663. The number of carbonyl (C=O) groups excluding carboxylic acids is 1. The molecule has 0 spiro atoms. The van der Waals surface area contributed by atoms with Crippen LogP contribution < -0.4 is 11.1 Å². The van der Waals surface area contributed by atoms with Gasteiger partial charge in [0.05, 0.1) is 5.41 Å². The van der Waals surface area contributed by atoms with Crippen LogP contribution in [0.2, 0.25) is 0 Å². The summed E-state index contributed by atoms with van der Waals surface area (Å²) in [5, 5.41) is 5.45. The molecule has 116 valence electrons. The summed E-state index contributed by atoms with van der Waals surface area (Å²) in [5.74, 6) is 0.0476. The summed E-state index contributed by atoms with van der Waals surface area (Å²) in [5.41, 5.74) is 6.51. The Labute approximate surface area is 130 Å². The molecule has 1 heterocycles. The monoisotopic (exact) mass is 298 g/mol. The molecule has 0 unspecified atom stereocenters. The van der Waals surface area contributed by atoms with Crippen molar-refractivity contribution in [3.8, 4) is 0 Å². The van der Waals surface area contributed by atoms with Crippen LogP contribution in [0, 0.1) is 5.41 Å². The molecule has 3 rings (SSSR count). The number of fused-ring (bicyclic) bond motifs is 1. The number of carbonyl (C=O) groups is 1. The lowest BCUT2D eigenvalue weighted by molar-refractivity contribution is -0.136. The van der Waals surface area contributed by atoms with E-state index in [1.54, 1.807) is 0 Å². The average Bonchev–Trinajstić information content (AvgIpc) is 2.60. The molecule has 0 aliphatic carbocycles. The second-order valence-corrected chi connectivity index (χ2v) is 5.96. The summed E-state index contributed by atoms with van der Waals surface area (Å²) >= 11 is 0. The zero-order valence-electron chi connectivity index (χ0n) is 12.7. The number of benzene rings is 2. The molecule has 4 heteroatoms. The SMILES string of the molecule is NCC1(C(=O)NCc2ccc3ccccc3c2)CCOCC1. The van der Waals surface area contributed by atoms with Crippen LogP contribution in [0.5, 0.6) is 0 Å². The van der Waals surface area contributed by atoms with Crippen LogP contribution in [-0.4, -0.2) is 25.7 Å². The molecule has 1 fully saturated rings. The number of ether oxygens (including phenoxy) is 1. The topological polar surface area (TPSA) is 64.4 Å². The molecule has 2 aromatic carbocycles. The number of hydrogen-bond donors (Lipinski definition) is 2. The minimum absolute atomic E-state index is 0.0476. The highest BCUT2D eigenvalue weighted by Crippen LogP contribution is 2.29. The van der Waals surface area contributed by atoms with Gasteiger partial charge in [-0.3, -0.25) is 4.79 Å². The second kappa shape index (κ2) is 6.46. The van der Waals surface area contributed by atoms with E-state index in [4.69, 9.17) is 10.5 Å². The lowest BCUT2D eigenvalue weighted by Gasteiger charge is -2.34. The smallest absolute Gasteiger partial charge is 0.227 e. The fraction of sp³-hybridized carbons (Fsp3) is 0.389. The Morgan fingerprint density at radius 2 is 1.86 bits per heavy atom. The number of rotatable bonds is 4. The van der Waals surface area contributed by atoms with Gasteiger partial charge in [0, 0.05) is 26.3 Å². The van der Waals surface area contributed by atoms with Crippen molar-refractivity contribution in [1.82, 2.24) is 5.32 Å². The van der Waals surface area contributed by atoms with Gasteiger partial charge in [0.25, 0.3) is 0 Å². The summed E-state index contributed by atoms with van der Waals surface area (Å²) in [6.07, 6.45) is 1.40. The highest BCUT2D eigenvalue weighted by atomic mass is 16.5. The molecule has 22 heavy (non-hydrogen) atoms. The van der Waals surface area contributed by atoms with Gasteiger partial charge in [0.15, 0.2) is 0 Å². The summed E-state index contributed by atoms with van der Waals surface area (Å²) in [4.78, 5) is 12.5. The van der Waals surface area contributed by atoms with E-state index in [-0.39, 0.29) is 5.91 Å². The second-order valence-electron chi connectivity index (χ2n) is 5.96. The van der Waals surface area contributed by atoms with Gasteiger partial charge in [-0.1, -0.05) is 36.4 Å². The van der Waals surface area contributed by atoms with Gasteiger partial charge in [0.2, 0.25) is 5.91 Å². The van der Waals surface area contributed by atoms with Crippen LogP contribution in [0.25, 0.3) is 10.8 Å². The van der Waals surface area contributed by atoms with Gasteiger partial charge in [-0.05, 0) is 35.2 Å². The van der Waals surface area contributed by atoms with Gasteiger partial charge >= 0.3 is 0 Å². The van der Waals surface area contributed by atoms with Crippen molar-refractivity contribution < 1.29 is 9.53 Å². The molecule has 0 atom stereocenters. The molecule has 1 amide bonds. The van der Waals surface area contributed by atoms with Gasteiger partial charge in [-0.2, -0.15) is 0 Å². The first kappa shape index (κ1) is 15.0. The third-order valence-electron chi connectivity index (χ3n) is 4.59. The molecule has 0 aromatic heterocycles. The van der Waals surface area contributed by atoms with Gasteiger partial charge in [-0.25, -0.2) is 0 Å². The van der Waals surface area contributed by atoms with Crippen molar-refractivity contribution in [3.63, 3.8) is 0 Å². The molecule has 0 bridgehead atoms. The van der Waals surface area contributed by atoms with Crippen molar-refractivity contribution in [2.75, 3.05) is 19.8 Å². The normalized spacial score (nSPS) is 17.3. The first-order chi connectivity index (χ1) is 10.7. The van der Waals surface area contributed by atoms with Crippen molar-refractivity contribution in [2.45, 2.75) is 19.4 Å². The van der Waals surface area contributed by atoms with Crippen LogP contribution >= 0.6 is 0 Å². The Morgan fingerprint density at radius 3 is 2.59 bits per heavy atom. The van der Waals surface area contributed by atoms with Crippen LogP contribution in [0.1, 0.15) is 18.4 Å². The lowest BCUT2D eigenvalue weighted by atomic mass is 9.79. The van der Waals surface area contributed by atoms with Crippen molar-refractivity contribution >= 4 is 16.7 Å². The van der Waals surface area contributed by atoms with Crippen LogP contribution in [0.15, 0.2) is 42.5 Å². The van der Waals surface area contributed by atoms with E-state index in [0.29, 0.717) is 39.1 Å². The highest BCUT2D eigenvalue weighted by molar-refractivity contribution is 5.84. The summed E-state index contributed by atoms with van der Waals surface area (Å²) in [6, 6.07) is 14.5. The zero-order chi connectivity index (χ0) is 15.4. The van der Waals surface area contributed by atoms with E-state index in [1.165, 1.54) is 10.8 Å². The molecule has 1 saturated heterocycles. The van der Waals surface area contributed by atoms with E-state index < -0.39 is 5.41 Å². The molecule has 1 aliphatic rings. The van der Waals surface area contributed by atoms with Crippen LogP contribution in [0.3, 0.4) is 0 Å². The zero-order valence-corrected chi connectivity index (χ0v) is 12.7. The molecule has 3 N–H and O–H groups in total. The molecular formula is C18H22N2O2. The van der Waals surface area contributed by atoms with E-state index in [1.807, 2.05) is 12.1 Å². The van der Waals surface area contributed by atoms with Crippen molar-refractivity contribution in [2.24, 2.45) is 11.1 Å². The van der Waals surface area contributed by atoms with E-state index in [9.17, 15) is 4.79 Å². The summed E-state index contributed by atoms with van der Waals surface area (Å²) in [7, 11) is 0. The third kappa shape index (κ3) is 2.98. The third-order valence-corrected chi connectivity index (χ3v) is 4.59. The molecule has 4 nitrogen and oxygen atoms in total. The van der Waals surface area contributed by atoms with Crippen LogP contribution in [-0.2, 0) is 16.1 Å². The largest absolute Gasteiger partial charge is 0.381 e.